The number of rotatable bonds is 8. The van der Waals surface area contributed by atoms with Gasteiger partial charge in [0.1, 0.15) is 0 Å². The second-order valence-electron chi connectivity index (χ2n) is 6.18. The molecule has 2 N–H and O–H groups in total. The first-order valence-electron chi connectivity index (χ1n) is 8.91. The van der Waals surface area contributed by atoms with Crippen LogP contribution in [0.2, 0.25) is 0 Å². The molecule has 1 aliphatic carbocycles. The van der Waals surface area contributed by atoms with Crippen molar-refractivity contribution in [1.82, 2.24) is 14.9 Å². The van der Waals surface area contributed by atoms with Gasteiger partial charge in [0.05, 0.1) is 5.75 Å². The molecule has 0 radical (unpaired) electrons. The van der Waals surface area contributed by atoms with Crippen LogP contribution >= 0.6 is 0 Å². The van der Waals surface area contributed by atoms with Crippen LogP contribution in [0.25, 0.3) is 0 Å². The topological polar surface area (TPSA) is 73.8 Å². The van der Waals surface area contributed by atoms with Gasteiger partial charge in [-0.2, -0.15) is 0 Å². The first-order valence-corrected chi connectivity index (χ1v) is 10.5. The fourth-order valence-corrected chi connectivity index (χ4v) is 4.63. The van der Waals surface area contributed by atoms with Gasteiger partial charge in [-0.15, -0.1) is 0 Å². The molecule has 1 aliphatic rings. The summed E-state index contributed by atoms with van der Waals surface area (Å²) in [5, 5.41) is 6.59. The summed E-state index contributed by atoms with van der Waals surface area (Å²) >= 11 is 0. The molecule has 0 spiro atoms. The van der Waals surface area contributed by atoms with Crippen molar-refractivity contribution in [2.75, 3.05) is 32.4 Å². The highest BCUT2D eigenvalue weighted by Gasteiger charge is 2.22. The number of nitrogens with zero attached hydrogens (tertiary/aromatic N) is 2. The fraction of sp³-hybridized carbons (Fsp3) is 0.938. The minimum absolute atomic E-state index is 0.0949. The van der Waals surface area contributed by atoms with Gasteiger partial charge in [-0.05, 0) is 18.8 Å². The average molecular weight is 347 g/mol. The average Bonchev–Trinajstić information content (AvgIpc) is 2.54. The van der Waals surface area contributed by atoms with Crippen LogP contribution in [0.4, 0.5) is 0 Å². The van der Waals surface area contributed by atoms with Crippen LogP contribution < -0.4 is 10.6 Å². The molecule has 2 unspecified atom stereocenters. The van der Waals surface area contributed by atoms with E-state index in [1.54, 1.807) is 7.05 Å². The third-order valence-electron chi connectivity index (χ3n) is 4.68. The molecular weight excluding hydrogens is 312 g/mol. The zero-order valence-corrected chi connectivity index (χ0v) is 16.0. The molecule has 23 heavy (non-hydrogen) atoms. The zero-order chi connectivity index (χ0) is 17.3. The normalized spacial score (nSPS) is 23.1. The lowest BCUT2D eigenvalue weighted by Gasteiger charge is -2.30. The van der Waals surface area contributed by atoms with Gasteiger partial charge in [0.15, 0.2) is 5.96 Å². The van der Waals surface area contributed by atoms with Crippen molar-refractivity contribution < 1.29 is 8.42 Å². The van der Waals surface area contributed by atoms with E-state index in [1.165, 1.54) is 30.0 Å². The molecule has 0 aromatic rings. The van der Waals surface area contributed by atoms with E-state index in [9.17, 15) is 8.42 Å². The lowest BCUT2D eigenvalue weighted by atomic mass is 9.84. The van der Waals surface area contributed by atoms with Gasteiger partial charge in [-0.3, -0.25) is 4.99 Å². The summed E-state index contributed by atoms with van der Waals surface area (Å²) in [4.78, 5) is 4.22. The number of guanidine groups is 1. The molecule has 6 nitrogen and oxygen atoms in total. The maximum absolute atomic E-state index is 12.2. The van der Waals surface area contributed by atoms with Gasteiger partial charge in [-0.25, -0.2) is 12.7 Å². The Morgan fingerprint density at radius 2 is 1.91 bits per heavy atom. The van der Waals surface area contributed by atoms with Gasteiger partial charge in [0, 0.05) is 32.7 Å². The van der Waals surface area contributed by atoms with Crippen LogP contribution in [0.3, 0.4) is 0 Å². The molecule has 0 heterocycles. The van der Waals surface area contributed by atoms with Crippen LogP contribution in [-0.2, 0) is 10.0 Å². The predicted octanol–water partition coefficient (Wildman–Crippen LogP) is 1.79. The van der Waals surface area contributed by atoms with Gasteiger partial charge in [0.2, 0.25) is 10.0 Å². The molecule has 0 amide bonds. The zero-order valence-electron chi connectivity index (χ0n) is 15.1. The Bertz CT molecular complexity index is 461. The first kappa shape index (κ1) is 20.2. The first-order chi connectivity index (χ1) is 11.0. The Labute approximate surface area is 142 Å². The molecule has 0 bridgehead atoms. The highest BCUT2D eigenvalue weighted by atomic mass is 32.2. The summed E-state index contributed by atoms with van der Waals surface area (Å²) < 4.78 is 25.8. The third-order valence-corrected chi connectivity index (χ3v) is 6.70. The Balaban J connectivity index is 2.43. The molecule has 0 aromatic carbocycles. The molecule has 1 fully saturated rings. The summed E-state index contributed by atoms with van der Waals surface area (Å²) in [6, 6.07) is 0.444. The molecule has 2 atom stereocenters. The Kier molecular flexibility index (Phi) is 8.91. The SMILES string of the molecule is CCC1CCCC(NC(=NC)NCCS(=O)(=O)N(CC)CC)C1. The van der Waals surface area contributed by atoms with E-state index >= 15 is 0 Å². The minimum atomic E-state index is -3.18. The summed E-state index contributed by atoms with van der Waals surface area (Å²) in [6.45, 7) is 7.39. The van der Waals surface area contributed by atoms with Gasteiger partial charge in [-0.1, -0.05) is 40.0 Å². The lowest BCUT2D eigenvalue weighted by Crippen LogP contribution is -2.47. The Hall–Kier alpha value is -0.820. The summed E-state index contributed by atoms with van der Waals surface area (Å²) in [5.41, 5.74) is 0. The molecule has 136 valence electrons. The van der Waals surface area contributed by atoms with Crippen LogP contribution in [0.5, 0.6) is 0 Å². The molecule has 0 saturated heterocycles. The Morgan fingerprint density at radius 1 is 1.22 bits per heavy atom. The van der Waals surface area contributed by atoms with Crippen LogP contribution in [0, 0.1) is 5.92 Å². The Morgan fingerprint density at radius 3 is 2.48 bits per heavy atom. The largest absolute Gasteiger partial charge is 0.355 e. The molecule has 0 aliphatic heterocycles. The van der Waals surface area contributed by atoms with E-state index in [-0.39, 0.29) is 5.75 Å². The number of hydrogen-bond donors (Lipinski definition) is 2. The van der Waals surface area contributed by atoms with Crippen molar-refractivity contribution in [1.29, 1.82) is 0 Å². The standard InChI is InChI=1S/C16H34N4O2S/c1-5-14-9-8-10-15(13-14)19-16(17-4)18-11-12-23(21,22)20(6-2)7-3/h14-15H,5-13H2,1-4H3,(H2,17,18,19). The van der Waals surface area contributed by atoms with E-state index in [0.29, 0.717) is 31.6 Å². The highest BCUT2D eigenvalue weighted by molar-refractivity contribution is 7.89. The minimum Gasteiger partial charge on any atom is -0.355 e. The van der Waals surface area contributed by atoms with Crippen molar-refractivity contribution in [2.45, 2.75) is 58.9 Å². The van der Waals surface area contributed by atoms with Gasteiger partial charge in [0.25, 0.3) is 0 Å². The lowest BCUT2D eigenvalue weighted by molar-refractivity contribution is 0.298. The number of hydrogen-bond acceptors (Lipinski definition) is 3. The highest BCUT2D eigenvalue weighted by Crippen LogP contribution is 2.26. The summed E-state index contributed by atoms with van der Waals surface area (Å²) in [5.74, 6) is 1.60. The van der Waals surface area contributed by atoms with Crippen LogP contribution in [0.1, 0.15) is 52.9 Å². The molecule has 1 saturated carbocycles. The van der Waals surface area contributed by atoms with Gasteiger partial charge >= 0.3 is 0 Å². The van der Waals surface area contributed by atoms with Gasteiger partial charge < -0.3 is 10.6 Å². The van der Waals surface area contributed by atoms with E-state index in [4.69, 9.17) is 0 Å². The second kappa shape index (κ2) is 10.1. The van der Waals surface area contributed by atoms with E-state index in [2.05, 4.69) is 22.5 Å². The van der Waals surface area contributed by atoms with Crippen LogP contribution in [0.15, 0.2) is 4.99 Å². The molecular formula is C16H34N4O2S. The fourth-order valence-electron chi connectivity index (χ4n) is 3.23. The van der Waals surface area contributed by atoms with E-state index in [0.717, 1.165) is 12.3 Å². The monoisotopic (exact) mass is 346 g/mol. The predicted molar refractivity (Wildman–Crippen MR) is 97.2 cm³/mol. The number of aliphatic imine (C=N–C) groups is 1. The number of sulfonamides is 1. The van der Waals surface area contributed by atoms with Crippen molar-refractivity contribution in [3.63, 3.8) is 0 Å². The van der Waals surface area contributed by atoms with Crippen molar-refractivity contribution in [3.8, 4) is 0 Å². The third kappa shape index (κ3) is 6.67. The van der Waals surface area contributed by atoms with E-state index < -0.39 is 10.0 Å². The van der Waals surface area contributed by atoms with E-state index in [1.807, 2.05) is 13.8 Å². The van der Waals surface area contributed by atoms with Crippen molar-refractivity contribution >= 4 is 16.0 Å². The molecule has 7 heteroatoms. The quantitative estimate of drug-likeness (QED) is 0.519. The maximum Gasteiger partial charge on any atom is 0.215 e. The van der Waals surface area contributed by atoms with Crippen molar-refractivity contribution in [3.05, 3.63) is 0 Å². The smallest absolute Gasteiger partial charge is 0.215 e. The van der Waals surface area contributed by atoms with Crippen molar-refractivity contribution in [2.24, 2.45) is 10.9 Å². The summed E-state index contributed by atoms with van der Waals surface area (Å²) in [6.07, 6.45) is 6.14. The maximum atomic E-state index is 12.2. The second-order valence-corrected chi connectivity index (χ2v) is 8.27. The molecule has 0 aromatic heterocycles. The number of nitrogens with one attached hydrogen (secondary N) is 2. The summed E-state index contributed by atoms with van der Waals surface area (Å²) in [7, 11) is -1.45. The van der Waals surface area contributed by atoms with Crippen LogP contribution in [-0.4, -0.2) is 57.2 Å². The molecule has 1 rings (SSSR count).